The Bertz CT molecular complexity index is 652. The summed E-state index contributed by atoms with van der Waals surface area (Å²) in [4.78, 5) is 22.5. The molecule has 3 heterocycles. The topological polar surface area (TPSA) is 81.4 Å². The Hall–Kier alpha value is -2.44. The van der Waals surface area contributed by atoms with E-state index < -0.39 is 0 Å². The lowest BCUT2D eigenvalue weighted by Gasteiger charge is -2.32. The van der Waals surface area contributed by atoms with Crippen LogP contribution in [0.15, 0.2) is 23.1 Å². The lowest BCUT2D eigenvalue weighted by atomic mass is 10.1. The van der Waals surface area contributed by atoms with E-state index in [2.05, 4.69) is 15.1 Å². The summed E-state index contributed by atoms with van der Waals surface area (Å²) in [5.74, 6) is 1.28. The van der Waals surface area contributed by atoms with Crippen molar-refractivity contribution >= 4 is 5.91 Å². The average Bonchev–Trinajstić information content (AvgIpc) is 2.88. The first-order valence-electron chi connectivity index (χ1n) is 7.75. The predicted octanol–water partition coefficient (Wildman–Crippen LogP) is 1.69. The normalized spacial score (nSPS) is 18.0. The second-order valence-corrected chi connectivity index (χ2v) is 5.74. The minimum atomic E-state index is -0.0472. The zero-order valence-electron chi connectivity index (χ0n) is 13.4. The molecule has 122 valence electrons. The molecular weight excluding hydrogens is 296 g/mol. The molecule has 2 aromatic rings. The van der Waals surface area contributed by atoms with E-state index in [0.717, 1.165) is 30.6 Å². The van der Waals surface area contributed by atoms with Crippen LogP contribution in [-0.4, -0.2) is 45.1 Å². The van der Waals surface area contributed by atoms with Gasteiger partial charge in [0.1, 0.15) is 11.9 Å². The van der Waals surface area contributed by atoms with Crippen LogP contribution in [0, 0.1) is 13.8 Å². The summed E-state index contributed by atoms with van der Waals surface area (Å²) in [5.41, 5.74) is 1.66. The third-order valence-electron chi connectivity index (χ3n) is 4.07. The van der Waals surface area contributed by atoms with E-state index in [4.69, 9.17) is 9.26 Å². The Morgan fingerprint density at radius 2 is 2.30 bits per heavy atom. The molecule has 0 bridgehead atoms. The Morgan fingerprint density at radius 1 is 1.43 bits per heavy atom. The van der Waals surface area contributed by atoms with Gasteiger partial charge in [0.15, 0.2) is 0 Å². The fourth-order valence-electron chi connectivity index (χ4n) is 2.80. The maximum absolute atomic E-state index is 12.5. The van der Waals surface area contributed by atoms with Crippen LogP contribution in [0.2, 0.25) is 0 Å². The van der Waals surface area contributed by atoms with Gasteiger partial charge in [-0.3, -0.25) is 9.78 Å². The third-order valence-corrected chi connectivity index (χ3v) is 4.07. The molecule has 1 saturated heterocycles. The van der Waals surface area contributed by atoms with Gasteiger partial charge in [0.25, 0.3) is 0 Å². The number of aryl methyl sites for hydroxylation is 2. The Labute approximate surface area is 134 Å². The minimum absolute atomic E-state index is 0.0472. The molecular formula is C16H20N4O3. The van der Waals surface area contributed by atoms with Crippen molar-refractivity contribution in [2.45, 2.75) is 39.2 Å². The van der Waals surface area contributed by atoms with Crippen LogP contribution in [0.25, 0.3) is 0 Å². The summed E-state index contributed by atoms with van der Waals surface area (Å²) in [5, 5.41) is 3.90. The molecule has 2 aromatic heterocycles. The average molecular weight is 316 g/mol. The molecule has 1 aliphatic rings. The fraction of sp³-hybridized carbons (Fsp3) is 0.500. The lowest BCUT2D eigenvalue weighted by molar-refractivity contribution is -0.133. The first kappa shape index (κ1) is 15.5. The van der Waals surface area contributed by atoms with Crippen molar-refractivity contribution in [3.63, 3.8) is 0 Å². The van der Waals surface area contributed by atoms with Gasteiger partial charge >= 0.3 is 0 Å². The quantitative estimate of drug-likeness (QED) is 0.854. The van der Waals surface area contributed by atoms with Crippen molar-refractivity contribution in [3.8, 4) is 5.88 Å². The van der Waals surface area contributed by atoms with Crippen LogP contribution in [0.4, 0.5) is 0 Å². The molecule has 0 spiro atoms. The van der Waals surface area contributed by atoms with Crippen molar-refractivity contribution in [1.29, 1.82) is 0 Å². The number of nitrogens with zero attached hydrogens (tertiary/aromatic N) is 4. The molecule has 0 aliphatic carbocycles. The van der Waals surface area contributed by atoms with Gasteiger partial charge in [-0.15, -0.1) is 0 Å². The number of aromatic nitrogens is 3. The zero-order valence-corrected chi connectivity index (χ0v) is 13.4. The molecule has 3 rings (SSSR count). The number of piperidine rings is 1. The highest BCUT2D eigenvalue weighted by Crippen LogP contribution is 2.19. The van der Waals surface area contributed by atoms with Gasteiger partial charge in [0.2, 0.25) is 11.8 Å². The van der Waals surface area contributed by atoms with Gasteiger partial charge in [-0.1, -0.05) is 5.16 Å². The summed E-state index contributed by atoms with van der Waals surface area (Å²) in [7, 11) is 0. The molecule has 1 amide bonds. The number of carbonyl (C=O) groups is 1. The largest absolute Gasteiger partial charge is 0.471 e. The van der Waals surface area contributed by atoms with E-state index in [1.54, 1.807) is 18.6 Å². The van der Waals surface area contributed by atoms with Crippen LogP contribution in [0.5, 0.6) is 5.88 Å². The number of ether oxygens (including phenoxy) is 1. The number of hydrogen-bond donors (Lipinski definition) is 0. The van der Waals surface area contributed by atoms with Crippen LogP contribution >= 0.6 is 0 Å². The molecule has 1 unspecified atom stereocenters. The highest BCUT2D eigenvalue weighted by Gasteiger charge is 2.26. The molecule has 0 saturated carbocycles. The molecule has 1 aliphatic heterocycles. The fourth-order valence-corrected chi connectivity index (χ4v) is 2.80. The molecule has 0 aromatic carbocycles. The van der Waals surface area contributed by atoms with E-state index in [1.165, 1.54) is 0 Å². The lowest BCUT2D eigenvalue weighted by Crippen LogP contribution is -2.45. The second-order valence-electron chi connectivity index (χ2n) is 5.74. The number of amides is 1. The van der Waals surface area contributed by atoms with Crippen molar-refractivity contribution in [2.75, 3.05) is 13.1 Å². The number of hydrogen-bond acceptors (Lipinski definition) is 6. The van der Waals surface area contributed by atoms with Crippen LogP contribution in [0.3, 0.4) is 0 Å². The van der Waals surface area contributed by atoms with Crippen molar-refractivity contribution in [3.05, 3.63) is 35.6 Å². The number of rotatable bonds is 4. The standard InChI is InChI=1S/C16H20N4O3/c1-11-14(12(2)23-19-11)8-16(21)20-7-3-4-13(10-20)22-15-9-17-5-6-18-15/h5-6,9,13H,3-4,7-8,10H2,1-2H3. The van der Waals surface area contributed by atoms with E-state index in [1.807, 2.05) is 18.7 Å². The molecule has 7 nitrogen and oxygen atoms in total. The smallest absolute Gasteiger partial charge is 0.232 e. The van der Waals surface area contributed by atoms with E-state index in [9.17, 15) is 4.79 Å². The molecule has 7 heteroatoms. The highest BCUT2D eigenvalue weighted by atomic mass is 16.5. The first-order chi connectivity index (χ1) is 11.1. The SMILES string of the molecule is Cc1noc(C)c1CC(=O)N1CCCC(Oc2cnccn2)C1. The van der Waals surface area contributed by atoms with Crippen molar-refractivity contribution < 1.29 is 14.1 Å². The van der Waals surface area contributed by atoms with Gasteiger partial charge in [0, 0.05) is 24.5 Å². The molecule has 1 atom stereocenters. The molecule has 1 fully saturated rings. The summed E-state index contributed by atoms with van der Waals surface area (Å²) >= 11 is 0. The van der Waals surface area contributed by atoms with Crippen molar-refractivity contribution in [2.24, 2.45) is 0 Å². The Balaban J connectivity index is 1.61. The van der Waals surface area contributed by atoms with Crippen molar-refractivity contribution in [1.82, 2.24) is 20.0 Å². The van der Waals surface area contributed by atoms with Gasteiger partial charge in [-0.25, -0.2) is 4.98 Å². The Kier molecular flexibility index (Phi) is 4.55. The molecule has 0 radical (unpaired) electrons. The van der Waals surface area contributed by atoms with Crippen LogP contribution in [0.1, 0.15) is 29.9 Å². The third kappa shape index (κ3) is 3.67. The monoisotopic (exact) mass is 316 g/mol. The summed E-state index contributed by atoms with van der Waals surface area (Å²) in [6.07, 6.45) is 6.88. The summed E-state index contributed by atoms with van der Waals surface area (Å²) in [6, 6.07) is 0. The summed E-state index contributed by atoms with van der Waals surface area (Å²) < 4.78 is 10.9. The number of likely N-dealkylation sites (tertiary alicyclic amines) is 1. The Morgan fingerprint density at radius 3 is 3.00 bits per heavy atom. The minimum Gasteiger partial charge on any atom is -0.471 e. The van der Waals surface area contributed by atoms with Gasteiger partial charge in [-0.2, -0.15) is 0 Å². The highest BCUT2D eigenvalue weighted by molar-refractivity contribution is 5.79. The molecule has 0 N–H and O–H groups in total. The number of carbonyl (C=O) groups excluding carboxylic acids is 1. The predicted molar refractivity (Wildman–Crippen MR) is 81.9 cm³/mol. The maximum atomic E-state index is 12.5. The van der Waals surface area contributed by atoms with Gasteiger partial charge < -0.3 is 14.2 Å². The second kappa shape index (κ2) is 6.76. The first-order valence-corrected chi connectivity index (χ1v) is 7.75. The van der Waals surface area contributed by atoms with Gasteiger partial charge in [-0.05, 0) is 26.7 Å². The maximum Gasteiger partial charge on any atom is 0.232 e. The van der Waals surface area contributed by atoms with E-state index in [-0.39, 0.29) is 12.0 Å². The molecule has 23 heavy (non-hydrogen) atoms. The van der Waals surface area contributed by atoms with E-state index >= 15 is 0 Å². The zero-order chi connectivity index (χ0) is 16.2. The van der Waals surface area contributed by atoms with E-state index in [0.29, 0.717) is 24.6 Å². The summed E-state index contributed by atoms with van der Waals surface area (Å²) in [6.45, 7) is 5.01. The van der Waals surface area contributed by atoms with Gasteiger partial charge in [0.05, 0.1) is 24.9 Å². The van der Waals surface area contributed by atoms with Crippen LogP contribution in [-0.2, 0) is 11.2 Å². The van der Waals surface area contributed by atoms with Crippen LogP contribution < -0.4 is 4.74 Å².